The number of hydrogen-bond donors (Lipinski definition) is 0. The first-order valence-corrected chi connectivity index (χ1v) is 6.57. The van der Waals surface area contributed by atoms with Gasteiger partial charge in [0, 0.05) is 51.1 Å². The molecule has 100 valence electrons. The van der Waals surface area contributed by atoms with Gasteiger partial charge in [-0.25, -0.2) is 4.98 Å². The highest BCUT2D eigenvalue weighted by Crippen LogP contribution is 2.23. The van der Waals surface area contributed by atoms with E-state index in [0.29, 0.717) is 0 Å². The second kappa shape index (κ2) is 6.23. The number of anilines is 1. The molecule has 0 saturated carbocycles. The van der Waals surface area contributed by atoms with Crippen LogP contribution < -0.4 is 4.90 Å². The molecular weight excluding hydrogens is 234 g/mol. The quantitative estimate of drug-likeness (QED) is 0.757. The van der Waals surface area contributed by atoms with Crippen LogP contribution in [0.2, 0.25) is 0 Å². The van der Waals surface area contributed by atoms with Crippen LogP contribution in [0.25, 0.3) is 0 Å². The van der Waals surface area contributed by atoms with E-state index in [-0.39, 0.29) is 0 Å². The first kappa shape index (κ1) is 13.4. The minimum Gasteiger partial charge on any atom is -0.376 e. The number of rotatable bonds is 2. The lowest BCUT2D eigenvalue weighted by Crippen LogP contribution is -2.34. The van der Waals surface area contributed by atoms with E-state index in [2.05, 4.69) is 47.6 Å². The summed E-state index contributed by atoms with van der Waals surface area (Å²) in [5, 5.41) is 0. The molecular formula is C16H21N3. The number of fused-ring (bicyclic) bond motifs is 1. The van der Waals surface area contributed by atoms with Gasteiger partial charge in [0.05, 0.1) is 0 Å². The molecule has 0 atom stereocenters. The van der Waals surface area contributed by atoms with E-state index >= 15 is 0 Å². The molecule has 0 N–H and O–H groups in total. The normalized spacial score (nSPS) is 18.3. The van der Waals surface area contributed by atoms with Gasteiger partial charge in [-0.05, 0) is 12.1 Å². The monoisotopic (exact) mass is 255 g/mol. The Morgan fingerprint density at radius 3 is 2.79 bits per heavy atom. The number of nitrogens with zero attached hydrogens (tertiary/aromatic N) is 3. The molecule has 2 heterocycles. The average Bonchev–Trinajstić information content (AvgIpc) is 2.43. The molecule has 0 aliphatic carbocycles. The second-order valence-electron chi connectivity index (χ2n) is 4.78. The molecule has 0 spiro atoms. The summed E-state index contributed by atoms with van der Waals surface area (Å²) < 4.78 is 0. The third kappa shape index (κ3) is 3.25. The van der Waals surface area contributed by atoms with Crippen molar-refractivity contribution in [2.45, 2.75) is 6.42 Å². The van der Waals surface area contributed by atoms with Crippen molar-refractivity contribution in [1.29, 1.82) is 0 Å². The van der Waals surface area contributed by atoms with Crippen LogP contribution in [0.1, 0.15) is 5.56 Å². The van der Waals surface area contributed by atoms with Crippen molar-refractivity contribution in [2.75, 3.05) is 32.1 Å². The fraction of sp³-hybridized carbons (Fsp3) is 0.312. The predicted octanol–water partition coefficient (Wildman–Crippen LogP) is 2.63. The minimum atomic E-state index is 0.908. The van der Waals surface area contributed by atoms with Gasteiger partial charge in [0.25, 0.3) is 0 Å². The van der Waals surface area contributed by atoms with Crippen LogP contribution in [-0.2, 0) is 6.42 Å². The van der Waals surface area contributed by atoms with Gasteiger partial charge < -0.3 is 9.80 Å². The summed E-state index contributed by atoms with van der Waals surface area (Å²) in [6.45, 7) is 5.67. The fourth-order valence-electron chi connectivity index (χ4n) is 2.22. The smallest absolute Gasteiger partial charge is 0.131 e. The SMILES string of the molecule is C=C/C=C\C=C1\Cc2cccnc2N(C)CCN1C. The van der Waals surface area contributed by atoms with E-state index in [4.69, 9.17) is 0 Å². The number of aromatic nitrogens is 1. The molecule has 1 aliphatic heterocycles. The van der Waals surface area contributed by atoms with Gasteiger partial charge in [0.1, 0.15) is 5.82 Å². The molecule has 0 bridgehead atoms. The summed E-state index contributed by atoms with van der Waals surface area (Å²) in [6.07, 6.45) is 10.7. The van der Waals surface area contributed by atoms with E-state index in [1.165, 1.54) is 11.3 Å². The molecule has 0 fully saturated rings. The third-order valence-electron chi connectivity index (χ3n) is 3.40. The molecule has 3 heteroatoms. The number of likely N-dealkylation sites (N-methyl/N-ethyl adjacent to an activating group) is 2. The van der Waals surface area contributed by atoms with Crippen LogP contribution in [0.15, 0.2) is 54.9 Å². The van der Waals surface area contributed by atoms with E-state index < -0.39 is 0 Å². The first-order valence-electron chi connectivity index (χ1n) is 6.57. The van der Waals surface area contributed by atoms with Crippen LogP contribution in [0.5, 0.6) is 0 Å². The summed E-state index contributed by atoms with van der Waals surface area (Å²) >= 11 is 0. The first-order chi connectivity index (χ1) is 9.22. The van der Waals surface area contributed by atoms with Crippen LogP contribution in [0.4, 0.5) is 5.82 Å². The third-order valence-corrected chi connectivity index (χ3v) is 3.40. The molecule has 3 nitrogen and oxygen atoms in total. The molecule has 1 aliphatic rings. The molecule has 2 rings (SSSR count). The Morgan fingerprint density at radius 1 is 1.21 bits per heavy atom. The van der Waals surface area contributed by atoms with Crippen molar-refractivity contribution in [3.05, 3.63) is 60.5 Å². The molecule has 1 aromatic rings. The lowest BCUT2D eigenvalue weighted by Gasteiger charge is -2.31. The standard InChI is InChI=1S/C16H21N3/c1-4-5-6-9-15-13-14-8-7-10-17-16(14)19(3)12-11-18(15)2/h4-10H,1,11-13H2,2-3H3/b6-5-,15-9-. The van der Waals surface area contributed by atoms with Crippen molar-refractivity contribution in [3.8, 4) is 0 Å². The molecule has 0 aromatic carbocycles. The highest BCUT2D eigenvalue weighted by Gasteiger charge is 2.16. The van der Waals surface area contributed by atoms with Crippen LogP contribution in [-0.4, -0.2) is 37.1 Å². The van der Waals surface area contributed by atoms with E-state index in [0.717, 1.165) is 25.3 Å². The van der Waals surface area contributed by atoms with Gasteiger partial charge >= 0.3 is 0 Å². The van der Waals surface area contributed by atoms with Crippen molar-refractivity contribution in [3.63, 3.8) is 0 Å². The molecule has 0 amide bonds. The summed E-state index contributed by atoms with van der Waals surface area (Å²) in [6, 6.07) is 4.16. The summed E-state index contributed by atoms with van der Waals surface area (Å²) in [5.74, 6) is 1.09. The van der Waals surface area contributed by atoms with E-state index in [1.54, 1.807) is 6.08 Å². The van der Waals surface area contributed by atoms with Gasteiger partial charge in [-0.15, -0.1) is 0 Å². The Kier molecular flexibility index (Phi) is 4.39. The molecule has 1 aromatic heterocycles. The Balaban J connectivity index is 2.33. The largest absolute Gasteiger partial charge is 0.376 e. The fourth-order valence-corrected chi connectivity index (χ4v) is 2.22. The maximum atomic E-state index is 4.50. The number of hydrogen-bond acceptors (Lipinski definition) is 3. The summed E-state index contributed by atoms with van der Waals surface area (Å²) in [4.78, 5) is 9.03. The Hall–Kier alpha value is -2.03. The highest BCUT2D eigenvalue weighted by molar-refractivity contribution is 5.48. The topological polar surface area (TPSA) is 19.4 Å². The molecule has 0 unspecified atom stereocenters. The van der Waals surface area contributed by atoms with Gasteiger partial charge in [0.2, 0.25) is 0 Å². The Labute approximate surface area is 115 Å². The van der Waals surface area contributed by atoms with Gasteiger partial charge in [-0.2, -0.15) is 0 Å². The predicted molar refractivity (Wildman–Crippen MR) is 81.3 cm³/mol. The lowest BCUT2D eigenvalue weighted by molar-refractivity contribution is 0.410. The van der Waals surface area contributed by atoms with Crippen molar-refractivity contribution < 1.29 is 0 Å². The molecule has 0 saturated heterocycles. The zero-order chi connectivity index (χ0) is 13.7. The van der Waals surface area contributed by atoms with Crippen LogP contribution >= 0.6 is 0 Å². The minimum absolute atomic E-state index is 0.908. The van der Waals surface area contributed by atoms with Gasteiger partial charge in [-0.1, -0.05) is 30.9 Å². The number of pyridine rings is 1. The number of allylic oxidation sites excluding steroid dienone is 5. The molecule has 0 radical (unpaired) electrons. The Morgan fingerprint density at radius 2 is 2.00 bits per heavy atom. The zero-order valence-corrected chi connectivity index (χ0v) is 11.7. The van der Waals surface area contributed by atoms with Crippen molar-refractivity contribution in [2.24, 2.45) is 0 Å². The lowest BCUT2D eigenvalue weighted by atomic mass is 10.1. The average molecular weight is 255 g/mol. The van der Waals surface area contributed by atoms with Crippen LogP contribution in [0.3, 0.4) is 0 Å². The van der Waals surface area contributed by atoms with Crippen molar-refractivity contribution in [1.82, 2.24) is 9.88 Å². The van der Waals surface area contributed by atoms with Crippen molar-refractivity contribution >= 4 is 5.82 Å². The maximum Gasteiger partial charge on any atom is 0.131 e. The van der Waals surface area contributed by atoms with Gasteiger partial charge in [0.15, 0.2) is 0 Å². The second-order valence-corrected chi connectivity index (χ2v) is 4.78. The zero-order valence-electron chi connectivity index (χ0n) is 11.7. The van der Waals surface area contributed by atoms with E-state index in [1.807, 2.05) is 24.4 Å². The van der Waals surface area contributed by atoms with Gasteiger partial charge in [-0.3, -0.25) is 0 Å². The highest BCUT2D eigenvalue weighted by atomic mass is 15.2. The Bertz CT molecular complexity index is 502. The molecule has 19 heavy (non-hydrogen) atoms. The van der Waals surface area contributed by atoms with Crippen LogP contribution in [0, 0.1) is 0 Å². The maximum absolute atomic E-state index is 4.50. The van der Waals surface area contributed by atoms with E-state index in [9.17, 15) is 0 Å². The summed E-state index contributed by atoms with van der Waals surface area (Å²) in [5.41, 5.74) is 2.58. The summed E-state index contributed by atoms with van der Waals surface area (Å²) in [7, 11) is 4.24.